The van der Waals surface area contributed by atoms with Crippen LogP contribution in [0.15, 0.2) is 36.4 Å². The van der Waals surface area contributed by atoms with Crippen LogP contribution in [0.3, 0.4) is 0 Å². The Bertz CT molecular complexity index is 851. The van der Waals surface area contributed by atoms with Gasteiger partial charge in [0.05, 0.1) is 0 Å². The van der Waals surface area contributed by atoms with Gasteiger partial charge in [0.1, 0.15) is 0 Å². The van der Waals surface area contributed by atoms with Gasteiger partial charge >= 0.3 is 0 Å². The van der Waals surface area contributed by atoms with Gasteiger partial charge in [0, 0.05) is 41.9 Å². The zero-order valence-electron chi connectivity index (χ0n) is 20.5. The molecule has 5 nitrogen and oxygen atoms in total. The highest BCUT2D eigenvalue weighted by atomic mass is 15.1. The van der Waals surface area contributed by atoms with Crippen molar-refractivity contribution < 1.29 is 0 Å². The number of hydrogen-bond acceptors (Lipinski definition) is 5. The van der Waals surface area contributed by atoms with E-state index in [0.717, 1.165) is 17.4 Å². The molecule has 2 aromatic rings. The number of nitrogen functional groups attached to an aromatic ring is 2. The first-order valence-electron chi connectivity index (χ1n) is 12.2. The highest BCUT2D eigenvalue weighted by molar-refractivity contribution is 5.59. The van der Waals surface area contributed by atoms with Gasteiger partial charge in [0.2, 0.25) is 0 Å². The van der Waals surface area contributed by atoms with Crippen LogP contribution in [-0.2, 0) is 0 Å². The van der Waals surface area contributed by atoms with Gasteiger partial charge in [0.25, 0.3) is 0 Å². The van der Waals surface area contributed by atoms with Gasteiger partial charge in [-0.1, -0.05) is 19.3 Å². The van der Waals surface area contributed by atoms with Crippen LogP contribution in [0.25, 0.3) is 0 Å². The first-order chi connectivity index (χ1) is 15.3. The molecule has 1 saturated carbocycles. The molecule has 5 N–H and O–H groups in total. The van der Waals surface area contributed by atoms with Crippen molar-refractivity contribution in [1.82, 2.24) is 4.90 Å². The average molecular weight is 438 g/mol. The van der Waals surface area contributed by atoms with E-state index in [4.69, 9.17) is 11.5 Å². The molecule has 2 fully saturated rings. The van der Waals surface area contributed by atoms with Crippen LogP contribution in [0.5, 0.6) is 0 Å². The SMILES string of the molecule is Cc1cc(N)ccc1N(C)C1CCCCC1.Cc1cc(N)ccc1NC1CCN(C)CC1. The number of nitrogens with two attached hydrogens (primary N) is 2. The van der Waals surface area contributed by atoms with Crippen molar-refractivity contribution in [3.63, 3.8) is 0 Å². The molecule has 0 radical (unpaired) electrons. The molecule has 2 aromatic carbocycles. The van der Waals surface area contributed by atoms with Gasteiger partial charge in [-0.3, -0.25) is 0 Å². The molecule has 0 amide bonds. The number of nitrogens with one attached hydrogen (secondary N) is 1. The van der Waals surface area contributed by atoms with Crippen LogP contribution in [0.2, 0.25) is 0 Å². The maximum absolute atomic E-state index is 5.79. The van der Waals surface area contributed by atoms with Gasteiger partial charge in [-0.05, 0) is 107 Å². The molecule has 4 rings (SSSR count). The lowest BCUT2D eigenvalue weighted by Gasteiger charge is -2.34. The van der Waals surface area contributed by atoms with E-state index in [0.29, 0.717) is 6.04 Å². The Hall–Kier alpha value is -2.40. The van der Waals surface area contributed by atoms with E-state index in [1.54, 1.807) is 0 Å². The van der Waals surface area contributed by atoms with E-state index in [9.17, 15) is 0 Å². The molecule has 1 heterocycles. The Morgan fingerprint density at radius 1 is 0.844 bits per heavy atom. The molecule has 1 aliphatic carbocycles. The number of benzene rings is 2. The minimum absolute atomic E-state index is 0.610. The van der Waals surface area contributed by atoms with Crippen LogP contribution in [0.4, 0.5) is 22.7 Å². The maximum Gasteiger partial charge on any atom is 0.0397 e. The third-order valence-corrected chi connectivity index (χ3v) is 7.05. The second-order valence-corrected chi connectivity index (χ2v) is 9.74. The first-order valence-corrected chi connectivity index (χ1v) is 12.2. The smallest absolute Gasteiger partial charge is 0.0397 e. The fourth-order valence-corrected chi connectivity index (χ4v) is 4.96. The normalized spacial score (nSPS) is 18.0. The minimum Gasteiger partial charge on any atom is -0.399 e. The van der Waals surface area contributed by atoms with E-state index in [-0.39, 0.29) is 0 Å². The van der Waals surface area contributed by atoms with Crippen molar-refractivity contribution in [2.24, 2.45) is 0 Å². The Labute approximate surface area is 195 Å². The van der Waals surface area contributed by atoms with E-state index in [1.165, 1.54) is 80.5 Å². The maximum atomic E-state index is 5.79. The lowest BCUT2D eigenvalue weighted by molar-refractivity contribution is 0.264. The van der Waals surface area contributed by atoms with Crippen molar-refractivity contribution >= 4 is 22.7 Å². The average Bonchev–Trinajstić information content (AvgIpc) is 2.78. The molecule has 32 heavy (non-hydrogen) atoms. The number of likely N-dealkylation sites (tertiary alicyclic amines) is 1. The molecule has 0 unspecified atom stereocenters. The predicted octanol–water partition coefficient (Wildman–Crippen LogP) is 5.43. The second-order valence-electron chi connectivity index (χ2n) is 9.74. The van der Waals surface area contributed by atoms with Crippen LogP contribution < -0.4 is 21.7 Å². The summed E-state index contributed by atoms with van der Waals surface area (Å²) in [6, 6.07) is 13.6. The number of aryl methyl sites for hydroxylation is 2. The van der Waals surface area contributed by atoms with E-state index >= 15 is 0 Å². The van der Waals surface area contributed by atoms with Gasteiger partial charge < -0.3 is 26.6 Å². The van der Waals surface area contributed by atoms with E-state index in [2.05, 4.69) is 61.3 Å². The molecular formula is C27H43N5. The number of anilines is 4. The van der Waals surface area contributed by atoms with Crippen molar-refractivity contribution in [3.05, 3.63) is 47.5 Å². The zero-order valence-corrected chi connectivity index (χ0v) is 20.5. The number of piperidine rings is 1. The van der Waals surface area contributed by atoms with Gasteiger partial charge in [-0.25, -0.2) is 0 Å². The molecular weight excluding hydrogens is 394 g/mol. The van der Waals surface area contributed by atoms with Crippen LogP contribution in [-0.4, -0.2) is 44.2 Å². The van der Waals surface area contributed by atoms with E-state index in [1.807, 2.05) is 18.2 Å². The number of rotatable bonds is 4. The fraction of sp³-hybridized carbons (Fsp3) is 0.556. The molecule has 1 aliphatic heterocycles. The van der Waals surface area contributed by atoms with Gasteiger partial charge in [0.15, 0.2) is 0 Å². The third kappa shape index (κ3) is 6.80. The fourth-order valence-electron chi connectivity index (χ4n) is 4.96. The highest BCUT2D eigenvalue weighted by Crippen LogP contribution is 2.29. The minimum atomic E-state index is 0.610. The zero-order chi connectivity index (χ0) is 23.1. The highest BCUT2D eigenvalue weighted by Gasteiger charge is 2.19. The van der Waals surface area contributed by atoms with Gasteiger partial charge in [-0.15, -0.1) is 0 Å². The largest absolute Gasteiger partial charge is 0.399 e. The van der Waals surface area contributed by atoms with Crippen molar-refractivity contribution in [3.8, 4) is 0 Å². The predicted molar refractivity (Wildman–Crippen MR) is 141 cm³/mol. The molecule has 5 heteroatoms. The summed E-state index contributed by atoms with van der Waals surface area (Å²) in [6.45, 7) is 6.62. The summed E-state index contributed by atoms with van der Waals surface area (Å²) < 4.78 is 0. The summed E-state index contributed by atoms with van der Waals surface area (Å²) in [5, 5.41) is 3.61. The summed E-state index contributed by atoms with van der Waals surface area (Å²) in [6.07, 6.45) is 9.28. The molecule has 176 valence electrons. The Balaban J connectivity index is 0.000000181. The number of hydrogen-bond donors (Lipinski definition) is 3. The topological polar surface area (TPSA) is 70.5 Å². The van der Waals surface area contributed by atoms with Crippen molar-refractivity contribution in [2.45, 2.75) is 70.9 Å². The van der Waals surface area contributed by atoms with Crippen molar-refractivity contribution in [1.29, 1.82) is 0 Å². The Kier molecular flexibility index (Phi) is 8.68. The molecule has 0 spiro atoms. The molecule has 1 saturated heterocycles. The summed E-state index contributed by atoms with van der Waals surface area (Å²) in [5.41, 5.74) is 18.3. The summed E-state index contributed by atoms with van der Waals surface area (Å²) in [5.74, 6) is 0. The summed E-state index contributed by atoms with van der Waals surface area (Å²) in [7, 11) is 4.40. The standard InChI is InChI=1S/C14H22N2.C13H21N3/c1-11-10-12(15)8-9-14(11)16(2)13-6-4-3-5-7-13;1-10-9-11(14)3-4-13(10)15-12-5-7-16(2)8-6-12/h8-10,13H,3-7,15H2,1-2H3;3-4,9,12,15H,5-8,14H2,1-2H3. The third-order valence-electron chi connectivity index (χ3n) is 7.05. The lowest BCUT2D eigenvalue weighted by Crippen LogP contribution is -2.36. The van der Waals surface area contributed by atoms with E-state index < -0.39 is 0 Å². The quantitative estimate of drug-likeness (QED) is 0.556. The van der Waals surface area contributed by atoms with Crippen LogP contribution in [0.1, 0.15) is 56.1 Å². The number of nitrogens with zero attached hydrogens (tertiary/aromatic N) is 2. The monoisotopic (exact) mass is 437 g/mol. The van der Waals surface area contributed by atoms with Gasteiger partial charge in [-0.2, -0.15) is 0 Å². The molecule has 0 atom stereocenters. The van der Waals surface area contributed by atoms with Crippen LogP contribution >= 0.6 is 0 Å². The summed E-state index contributed by atoms with van der Waals surface area (Å²) >= 11 is 0. The van der Waals surface area contributed by atoms with Crippen molar-refractivity contribution in [2.75, 3.05) is 48.9 Å². The second kappa shape index (κ2) is 11.5. The van der Waals surface area contributed by atoms with Crippen LogP contribution in [0, 0.1) is 13.8 Å². The molecule has 0 aromatic heterocycles. The molecule has 2 aliphatic rings. The Morgan fingerprint density at radius 2 is 1.44 bits per heavy atom. The first kappa shape index (κ1) is 24.2. The summed E-state index contributed by atoms with van der Waals surface area (Å²) in [4.78, 5) is 4.82. The molecule has 0 bridgehead atoms. The Morgan fingerprint density at radius 3 is 2.03 bits per heavy atom. The lowest BCUT2D eigenvalue weighted by atomic mass is 9.94.